The maximum Gasteiger partial charge on any atom is 0.231 e. The number of aryl methyl sites for hydroxylation is 1. The number of fused-ring (bicyclic) bond motifs is 1. The first kappa shape index (κ1) is 13.8. The highest BCUT2D eigenvalue weighted by atomic mass is 35.5. The van der Waals surface area contributed by atoms with E-state index in [4.69, 9.17) is 21.1 Å². The molecule has 4 nitrogen and oxygen atoms in total. The normalized spacial score (nSPS) is 12.2. The molecule has 0 bridgehead atoms. The molecule has 0 radical (unpaired) electrons. The number of amides is 1. The lowest BCUT2D eigenvalue weighted by molar-refractivity contribution is -0.116. The van der Waals surface area contributed by atoms with Crippen LogP contribution in [0.3, 0.4) is 0 Å². The standard InChI is InChI=1S/C16H14ClNO3/c17-13-4-2-1-3-11(13)5-8-16(19)18-12-6-7-14-15(9-12)21-10-20-14/h1-4,6-7,9H,5,8,10H2,(H,18,19). The minimum absolute atomic E-state index is 0.0613. The second kappa shape index (κ2) is 6.06. The van der Waals surface area contributed by atoms with Gasteiger partial charge in [0.15, 0.2) is 11.5 Å². The summed E-state index contributed by atoms with van der Waals surface area (Å²) in [6.07, 6.45) is 0.980. The van der Waals surface area contributed by atoms with Crippen molar-refractivity contribution in [2.24, 2.45) is 0 Å². The van der Waals surface area contributed by atoms with Gasteiger partial charge < -0.3 is 14.8 Å². The molecule has 0 fully saturated rings. The summed E-state index contributed by atoms with van der Waals surface area (Å²) in [5, 5.41) is 3.53. The molecular weight excluding hydrogens is 290 g/mol. The predicted molar refractivity (Wildman–Crippen MR) is 81.0 cm³/mol. The molecule has 0 saturated carbocycles. The monoisotopic (exact) mass is 303 g/mol. The van der Waals surface area contributed by atoms with Gasteiger partial charge in [-0.1, -0.05) is 29.8 Å². The predicted octanol–water partition coefficient (Wildman–Crippen LogP) is 3.64. The molecular formula is C16H14ClNO3. The molecule has 5 heteroatoms. The Labute approximate surface area is 127 Å². The van der Waals surface area contributed by atoms with Gasteiger partial charge in [-0.3, -0.25) is 4.79 Å². The third-order valence-electron chi connectivity index (χ3n) is 3.24. The number of hydrogen-bond donors (Lipinski definition) is 1. The summed E-state index contributed by atoms with van der Waals surface area (Å²) >= 11 is 6.07. The highest BCUT2D eigenvalue weighted by molar-refractivity contribution is 6.31. The SMILES string of the molecule is O=C(CCc1ccccc1Cl)Nc1ccc2c(c1)OCO2. The molecule has 0 aliphatic carbocycles. The van der Waals surface area contributed by atoms with Gasteiger partial charge in [0.2, 0.25) is 12.7 Å². The summed E-state index contributed by atoms with van der Waals surface area (Å²) in [7, 11) is 0. The third-order valence-corrected chi connectivity index (χ3v) is 3.60. The molecule has 0 unspecified atom stereocenters. The molecule has 2 aromatic rings. The van der Waals surface area contributed by atoms with Crippen molar-refractivity contribution < 1.29 is 14.3 Å². The van der Waals surface area contributed by atoms with Crippen LogP contribution in [0, 0.1) is 0 Å². The minimum atomic E-state index is -0.0613. The van der Waals surface area contributed by atoms with Crippen molar-refractivity contribution in [3.8, 4) is 11.5 Å². The van der Waals surface area contributed by atoms with Gasteiger partial charge in [0.1, 0.15) is 0 Å². The number of anilines is 1. The lowest BCUT2D eigenvalue weighted by atomic mass is 10.1. The van der Waals surface area contributed by atoms with Crippen LogP contribution in [-0.2, 0) is 11.2 Å². The smallest absolute Gasteiger partial charge is 0.231 e. The number of benzene rings is 2. The Morgan fingerprint density at radius 2 is 1.95 bits per heavy atom. The van der Waals surface area contributed by atoms with E-state index in [-0.39, 0.29) is 12.7 Å². The fourth-order valence-corrected chi connectivity index (χ4v) is 2.38. The molecule has 1 heterocycles. The quantitative estimate of drug-likeness (QED) is 0.938. The van der Waals surface area contributed by atoms with E-state index in [0.29, 0.717) is 35.1 Å². The number of rotatable bonds is 4. The van der Waals surface area contributed by atoms with Crippen LogP contribution in [0.2, 0.25) is 5.02 Å². The Hall–Kier alpha value is -2.20. The van der Waals surface area contributed by atoms with Gasteiger partial charge in [-0.05, 0) is 30.2 Å². The molecule has 21 heavy (non-hydrogen) atoms. The van der Waals surface area contributed by atoms with E-state index in [1.165, 1.54) is 0 Å². The average Bonchev–Trinajstić information content (AvgIpc) is 2.94. The van der Waals surface area contributed by atoms with Crippen LogP contribution in [-0.4, -0.2) is 12.7 Å². The molecule has 0 aromatic heterocycles. The molecule has 0 atom stereocenters. The molecule has 2 aromatic carbocycles. The zero-order valence-corrected chi connectivity index (χ0v) is 12.0. The topological polar surface area (TPSA) is 47.6 Å². The van der Waals surface area contributed by atoms with Crippen molar-refractivity contribution in [3.05, 3.63) is 53.1 Å². The van der Waals surface area contributed by atoms with E-state index in [1.807, 2.05) is 24.3 Å². The lowest BCUT2D eigenvalue weighted by Gasteiger charge is -2.07. The van der Waals surface area contributed by atoms with E-state index < -0.39 is 0 Å². The molecule has 108 valence electrons. The number of carbonyl (C=O) groups is 1. The number of ether oxygens (including phenoxy) is 2. The number of hydrogen-bond acceptors (Lipinski definition) is 3. The molecule has 1 aliphatic rings. The maximum atomic E-state index is 12.0. The van der Waals surface area contributed by atoms with Crippen LogP contribution in [0.4, 0.5) is 5.69 Å². The zero-order valence-electron chi connectivity index (χ0n) is 11.3. The lowest BCUT2D eigenvalue weighted by Crippen LogP contribution is -2.12. The van der Waals surface area contributed by atoms with Gasteiger partial charge >= 0.3 is 0 Å². The summed E-state index contributed by atoms with van der Waals surface area (Å²) in [4.78, 5) is 12.0. The minimum Gasteiger partial charge on any atom is -0.454 e. The first-order valence-electron chi connectivity index (χ1n) is 6.65. The fraction of sp³-hybridized carbons (Fsp3) is 0.188. The van der Waals surface area contributed by atoms with E-state index in [0.717, 1.165) is 5.56 Å². The van der Waals surface area contributed by atoms with E-state index in [9.17, 15) is 4.79 Å². The van der Waals surface area contributed by atoms with E-state index >= 15 is 0 Å². The van der Waals surface area contributed by atoms with Crippen LogP contribution in [0.25, 0.3) is 0 Å². The molecule has 3 rings (SSSR count). The summed E-state index contributed by atoms with van der Waals surface area (Å²) < 4.78 is 10.5. The first-order chi connectivity index (χ1) is 10.2. The Kier molecular flexibility index (Phi) is 3.97. The van der Waals surface area contributed by atoms with Crippen molar-refractivity contribution in [3.63, 3.8) is 0 Å². The third kappa shape index (κ3) is 3.28. The zero-order chi connectivity index (χ0) is 14.7. The van der Waals surface area contributed by atoms with Gasteiger partial charge in [-0.15, -0.1) is 0 Å². The van der Waals surface area contributed by atoms with Crippen LogP contribution in [0.15, 0.2) is 42.5 Å². The van der Waals surface area contributed by atoms with Crippen LogP contribution < -0.4 is 14.8 Å². The Morgan fingerprint density at radius 1 is 1.14 bits per heavy atom. The van der Waals surface area contributed by atoms with E-state index in [2.05, 4.69) is 5.32 Å². The summed E-state index contributed by atoms with van der Waals surface area (Å²) in [5.74, 6) is 1.29. The Morgan fingerprint density at radius 3 is 2.81 bits per heavy atom. The van der Waals surface area contributed by atoms with Crippen LogP contribution in [0.1, 0.15) is 12.0 Å². The molecule has 0 saturated heterocycles. The van der Waals surface area contributed by atoms with Crippen LogP contribution >= 0.6 is 11.6 Å². The number of carbonyl (C=O) groups excluding carboxylic acids is 1. The summed E-state index contributed by atoms with van der Waals surface area (Å²) in [6.45, 7) is 0.221. The second-order valence-electron chi connectivity index (χ2n) is 4.71. The van der Waals surface area contributed by atoms with Crippen LogP contribution in [0.5, 0.6) is 11.5 Å². The second-order valence-corrected chi connectivity index (χ2v) is 5.11. The summed E-state index contributed by atoms with van der Waals surface area (Å²) in [6, 6.07) is 12.9. The highest BCUT2D eigenvalue weighted by Crippen LogP contribution is 2.34. The van der Waals surface area contributed by atoms with Crippen molar-refractivity contribution in [2.45, 2.75) is 12.8 Å². The van der Waals surface area contributed by atoms with Crippen molar-refractivity contribution >= 4 is 23.2 Å². The van der Waals surface area contributed by atoms with Gasteiger partial charge in [0.05, 0.1) is 0 Å². The number of nitrogens with one attached hydrogen (secondary N) is 1. The number of halogens is 1. The molecule has 1 amide bonds. The highest BCUT2D eigenvalue weighted by Gasteiger charge is 2.14. The van der Waals surface area contributed by atoms with Crippen molar-refractivity contribution in [2.75, 3.05) is 12.1 Å². The molecule has 1 N–H and O–H groups in total. The van der Waals surface area contributed by atoms with Crippen molar-refractivity contribution in [1.29, 1.82) is 0 Å². The van der Waals surface area contributed by atoms with Gasteiger partial charge in [0.25, 0.3) is 0 Å². The van der Waals surface area contributed by atoms with E-state index in [1.54, 1.807) is 18.2 Å². The average molecular weight is 304 g/mol. The van der Waals surface area contributed by atoms with Gasteiger partial charge in [-0.2, -0.15) is 0 Å². The Bertz CT molecular complexity index is 672. The Balaban J connectivity index is 1.58. The largest absolute Gasteiger partial charge is 0.454 e. The maximum absolute atomic E-state index is 12.0. The van der Waals surface area contributed by atoms with Gasteiger partial charge in [-0.25, -0.2) is 0 Å². The first-order valence-corrected chi connectivity index (χ1v) is 7.03. The molecule has 1 aliphatic heterocycles. The van der Waals surface area contributed by atoms with Crippen molar-refractivity contribution in [1.82, 2.24) is 0 Å². The van der Waals surface area contributed by atoms with Gasteiger partial charge in [0, 0.05) is 23.2 Å². The summed E-state index contributed by atoms with van der Waals surface area (Å²) in [5.41, 5.74) is 1.67. The molecule has 0 spiro atoms. The fourth-order valence-electron chi connectivity index (χ4n) is 2.15.